The van der Waals surface area contributed by atoms with Gasteiger partial charge in [0.1, 0.15) is 12.2 Å². The highest BCUT2D eigenvalue weighted by Crippen LogP contribution is 2.27. The van der Waals surface area contributed by atoms with Crippen LogP contribution in [0.15, 0.2) is 12.7 Å². The fourth-order valence-electron chi connectivity index (χ4n) is 1.53. The molecular formula is C9H12O6. The average Bonchev–Trinajstić information content (AvgIpc) is 2.22. The highest BCUT2D eigenvalue weighted by Gasteiger charge is 2.54. The van der Waals surface area contributed by atoms with Crippen LogP contribution in [-0.2, 0) is 9.59 Å². The van der Waals surface area contributed by atoms with Gasteiger partial charge in [-0.1, -0.05) is 6.58 Å². The molecule has 4 atom stereocenters. The molecule has 4 N–H and O–H groups in total. The third-order valence-corrected chi connectivity index (χ3v) is 2.49. The lowest BCUT2D eigenvalue weighted by molar-refractivity contribution is -0.179. The zero-order chi connectivity index (χ0) is 11.8. The topological polar surface area (TPSA) is 115 Å². The van der Waals surface area contributed by atoms with Crippen LogP contribution in [0.1, 0.15) is 6.42 Å². The predicted molar refractivity (Wildman–Crippen MR) is 47.8 cm³/mol. The molecule has 0 spiro atoms. The molecule has 0 aromatic carbocycles. The van der Waals surface area contributed by atoms with Gasteiger partial charge in [0.25, 0.3) is 0 Å². The third kappa shape index (κ3) is 1.72. The lowest BCUT2D eigenvalue weighted by atomic mass is 9.76. The highest BCUT2D eigenvalue weighted by molar-refractivity contribution is 6.16. The van der Waals surface area contributed by atoms with Gasteiger partial charge >= 0.3 is 0 Å². The van der Waals surface area contributed by atoms with Crippen molar-refractivity contribution in [2.75, 3.05) is 0 Å². The first-order valence-corrected chi connectivity index (χ1v) is 4.32. The second-order valence-electron chi connectivity index (χ2n) is 3.50. The molecule has 0 amide bonds. The smallest absolute Gasteiger partial charge is 0.203 e. The molecule has 1 rings (SSSR count). The molecule has 15 heavy (non-hydrogen) atoms. The van der Waals surface area contributed by atoms with Gasteiger partial charge in [-0.05, 0) is 6.08 Å². The van der Waals surface area contributed by atoms with Gasteiger partial charge in [-0.25, -0.2) is 0 Å². The number of ketones is 2. The Morgan fingerprint density at radius 2 is 2.00 bits per heavy atom. The van der Waals surface area contributed by atoms with E-state index in [0.717, 1.165) is 6.08 Å². The Morgan fingerprint density at radius 1 is 1.47 bits per heavy atom. The number of rotatable bonds is 2. The number of aliphatic hydroxyl groups excluding tert-OH is 3. The fourth-order valence-corrected chi connectivity index (χ4v) is 1.53. The molecule has 0 aromatic heterocycles. The van der Waals surface area contributed by atoms with E-state index in [-0.39, 0.29) is 0 Å². The van der Waals surface area contributed by atoms with Crippen LogP contribution in [0, 0.1) is 0 Å². The minimum absolute atomic E-state index is 0.644. The zero-order valence-corrected chi connectivity index (χ0v) is 7.83. The van der Waals surface area contributed by atoms with Gasteiger partial charge in [-0.3, -0.25) is 9.59 Å². The van der Waals surface area contributed by atoms with Crippen molar-refractivity contribution in [1.82, 2.24) is 0 Å². The number of hydrogen-bond acceptors (Lipinski definition) is 6. The van der Waals surface area contributed by atoms with Crippen molar-refractivity contribution in [1.29, 1.82) is 0 Å². The Kier molecular flexibility index (Phi) is 3.05. The number of hydrogen-bond donors (Lipinski definition) is 4. The van der Waals surface area contributed by atoms with Crippen molar-refractivity contribution in [3.8, 4) is 0 Å². The maximum Gasteiger partial charge on any atom is 0.203 e. The van der Waals surface area contributed by atoms with Crippen LogP contribution >= 0.6 is 0 Å². The number of aliphatic hydroxyl groups is 4. The summed E-state index contributed by atoms with van der Waals surface area (Å²) in [7, 11) is 0. The maximum absolute atomic E-state index is 11.4. The molecule has 84 valence electrons. The van der Waals surface area contributed by atoms with Crippen molar-refractivity contribution in [2.45, 2.75) is 30.3 Å². The molecule has 0 radical (unpaired) electrons. The normalized spacial score (nSPS) is 41.3. The lowest BCUT2D eigenvalue weighted by Crippen LogP contribution is -2.63. The number of Topliss-reactive ketones (excluding diaryl/α,β-unsaturated/α-hetero) is 1. The van der Waals surface area contributed by atoms with Crippen LogP contribution in [0.2, 0.25) is 0 Å². The lowest BCUT2D eigenvalue weighted by Gasteiger charge is -2.37. The van der Waals surface area contributed by atoms with Gasteiger partial charge in [0, 0.05) is 6.42 Å². The Balaban J connectivity index is 3.06. The first-order valence-electron chi connectivity index (χ1n) is 4.32. The summed E-state index contributed by atoms with van der Waals surface area (Å²) in [6, 6.07) is 0. The maximum atomic E-state index is 11.4. The summed E-state index contributed by atoms with van der Waals surface area (Å²) in [6.45, 7) is 3.10. The summed E-state index contributed by atoms with van der Waals surface area (Å²) in [5.74, 6) is -2.22. The van der Waals surface area contributed by atoms with Crippen LogP contribution in [0.5, 0.6) is 0 Å². The van der Waals surface area contributed by atoms with Crippen LogP contribution in [0.25, 0.3) is 0 Å². The fraction of sp³-hybridized carbons (Fsp3) is 0.556. The van der Waals surface area contributed by atoms with Crippen LogP contribution in [-0.4, -0.2) is 55.9 Å². The van der Waals surface area contributed by atoms with E-state index in [0.29, 0.717) is 0 Å². The molecule has 0 heterocycles. The molecule has 2 unspecified atom stereocenters. The predicted octanol–water partition coefficient (Wildman–Crippen LogP) is -2.47. The first-order chi connectivity index (χ1) is 6.84. The quantitative estimate of drug-likeness (QED) is 0.300. The molecule has 1 aliphatic rings. The standard InChI is InChI=1S/C9H12O6/c1-2-5(11)9(15)3-4(10)6(12)7(13)8(9)14/h2,4,6-7,10,12-13,15H,1,3H2/t4-,6?,7-,9?/m1/s1. The van der Waals surface area contributed by atoms with Crippen LogP contribution < -0.4 is 0 Å². The SMILES string of the molecule is C=CC(=O)C1(O)C[C@@H](O)C(O)[C@@H](O)C1=O. The molecule has 1 fully saturated rings. The molecular weight excluding hydrogens is 204 g/mol. The van der Waals surface area contributed by atoms with Gasteiger partial charge in [-0.15, -0.1) is 0 Å². The van der Waals surface area contributed by atoms with E-state index in [1.165, 1.54) is 0 Å². The summed E-state index contributed by atoms with van der Waals surface area (Å²) < 4.78 is 0. The van der Waals surface area contributed by atoms with Gasteiger partial charge in [0.2, 0.25) is 5.78 Å². The number of carbonyl (C=O) groups is 2. The summed E-state index contributed by atoms with van der Waals surface area (Å²) in [6.07, 6.45) is -5.10. The van der Waals surface area contributed by atoms with Crippen molar-refractivity contribution >= 4 is 11.6 Å². The molecule has 1 saturated carbocycles. The van der Waals surface area contributed by atoms with Crippen molar-refractivity contribution in [3.05, 3.63) is 12.7 Å². The summed E-state index contributed by atoms with van der Waals surface area (Å²) >= 11 is 0. The largest absolute Gasteiger partial charge is 0.390 e. The Labute approximate surface area is 85.5 Å². The third-order valence-electron chi connectivity index (χ3n) is 2.49. The minimum atomic E-state index is -2.49. The second kappa shape index (κ2) is 3.82. The molecule has 0 aliphatic heterocycles. The van der Waals surface area contributed by atoms with Gasteiger partial charge < -0.3 is 20.4 Å². The van der Waals surface area contributed by atoms with Crippen molar-refractivity contribution in [3.63, 3.8) is 0 Å². The van der Waals surface area contributed by atoms with E-state index in [2.05, 4.69) is 6.58 Å². The Morgan fingerprint density at radius 3 is 2.47 bits per heavy atom. The van der Waals surface area contributed by atoms with E-state index in [4.69, 9.17) is 5.11 Å². The van der Waals surface area contributed by atoms with Crippen molar-refractivity contribution < 1.29 is 30.0 Å². The summed E-state index contributed by atoms with van der Waals surface area (Å²) in [4.78, 5) is 22.6. The summed E-state index contributed by atoms with van der Waals surface area (Å²) in [5.41, 5.74) is -2.49. The first kappa shape index (κ1) is 12.0. The molecule has 6 nitrogen and oxygen atoms in total. The molecule has 0 saturated heterocycles. The number of carbonyl (C=O) groups excluding carboxylic acids is 2. The minimum Gasteiger partial charge on any atom is -0.390 e. The summed E-state index contributed by atoms with van der Waals surface area (Å²) in [5, 5.41) is 37.2. The van der Waals surface area contributed by atoms with Gasteiger partial charge in [-0.2, -0.15) is 0 Å². The highest BCUT2D eigenvalue weighted by atomic mass is 16.4. The second-order valence-corrected chi connectivity index (χ2v) is 3.50. The monoisotopic (exact) mass is 216 g/mol. The van der Waals surface area contributed by atoms with E-state index in [1.807, 2.05) is 0 Å². The molecule has 1 aliphatic carbocycles. The Hall–Kier alpha value is -1.08. The molecule has 0 aromatic rings. The van der Waals surface area contributed by atoms with E-state index in [1.54, 1.807) is 0 Å². The van der Waals surface area contributed by atoms with Crippen LogP contribution in [0.3, 0.4) is 0 Å². The Bertz CT molecular complexity index is 312. The average molecular weight is 216 g/mol. The van der Waals surface area contributed by atoms with Crippen molar-refractivity contribution in [2.24, 2.45) is 0 Å². The van der Waals surface area contributed by atoms with Crippen LogP contribution in [0.4, 0.5) is 0 Å². The zero-order valence-electron chi connectivity index (χ0n) is 7.83. The molecule has 6 heteroatoms. The van der Waals surface area contributed by atoms with E-state index in [9.17, 15) is 24.9 Å². The van der Waals surface area contributed by atoms with Gasteiger partial charge in [0.05, 0.1) is 6.10 Å². The van der Waals surface area contributed by atoms with E-state index >= 15 is 0 Å². The van der Waals surface area contributed by atoms with Gasteiger partial charge in [0.15, 0.2) is 11.4 Å². The molecule has 0 bridgehead atoms. The van der Waals surface area contributed by atoms with E-state index < -0.39 is 41.9 Å².